The fourth-order valence-electron chi connectivity index (χ4n) is 1.59. The molecule has 0 atom stereocenters. The Morgan fingerprint density at radius 3 is 3.00 bits per heavy atom. The number of benzene rings is 1. The van der Waals surface area contributed by atoms with Crippen LogP contribution in [0.2, 0.25) is 0 Å². The zero-order chi connectivity index (χ0) is 13.8. The smallest absolute Gasteiger partial charge is 0.407 e. The third-order valence-corrected chi connectivity index (χ3v) is 3.44. The predicted molar refractivity (Wildman–Crippen MR) is 72.1 cm³/mol. The van der Waals surface area contributed by atoms with Crippen molar-refractivity contribution in [3.63, 3.8) is 0 Å². The van der Waals surface area contributed by atoms with E-state index in [0.717, 1.165) is 10.6 Å². The van der Waals surface area contributed by atoms with Crippen LogP contribution in [0.15, 0.2) is 36.7 Å². The molecule has 1 aromatic carbocycles. The highest BCUT2D eigenvalue weighted by molar-refractivity contribution is 7.16. The molecule has 0 aliphatic heterocycles. The molecule has 0 aliphatic rings. The first kappa shape index (κ1) is 12.5. The first-order valence-electron chi connectivity index (χ1n) is 5.91. The van der Waals surface area contributed by atoms with Crippen LogP contribution in [0.4, 0.5) is 4.79 Å². The minimum atomic E-state index is -0.472. The van der Waals surface area contributed by atoms with E-state index in [4.69, 9.17) is 4.74 Å². The van der Waals surface area contributed by atoms with E-state index in [1.165, 1.54) is 17.7 Å². The Morgan fingerprint density at radius 2 is 2.20 bits per heavy atom. The lowest BCUT2D eigenvalue weighted by molar-refractivity contribution is 0.139. The maximum absolute atomic E-state index is 11.6. The summed E-state index contributed by atoms with van der Waals surface area (Å²) >= 11 is 1.37. The zero-order valence-electron chi connectivity index (χ0n) is 10.4. The lowest BCUT2D eigenvalue weighted by Gasteiger charge is -2.05. The van der Waals surface area contributed by atoms with E-state index >= 15 is 0 Å². The monoisotopic (exact) mass is 289 g/mol. The number of ether oxygens (including phenoxy) is 1. The van der Waals surface area contributed by atoms with Crippen molar-refractivity contribution >= 4 is 22.4 Å². The molecule has 3 aromatic rings. The van der Waals surface area contributed by atoms with E-state index < -0.39 is 6.09 Å². The van der Waals surface area contributed by atoms with Crippen LogP contribution in [-0.2, 0) is 17.9 Å². The summed E-state index contributed by atoms with van der Waals surface area (Å²) in [6.45, 7) is 0.555. The molecule has 7 nitrogen and oxygen atoms in total. The summed E-state index contributed by atoms with van der Waals surface area (Å²) in [4.78, 5) is 12.2. The van der Waals surface area contributed by atoms with Gasteiger partial charge in [-0.2, -0.15) is 9.61 Å². The van der Waals surface area contributed by atoms with Crippen molar-refractivity contribution in [1.29, 1.82) is 0 Å². The normalized spacial score (nSPS) is 10.6. The number of carbonyl (C=O) groups excluding carboxylic acids is 1. The van der Waals surface area contributed by atoms with Gasteiger partial charge in [0, 0.05) is 0 Å². The lowest BCUT2D eigenvalue weighted by Crippen LogP contribution is -2.23. The van der Waals surface area contributed by atoms with E-state index in [9.17, 15) is 4.79 Å². The van der Waals surface area contributed by atoms with Crippen molar-refractivity contribution < 1.29 is 9.53 Å². The molecule has 1 N–H and O–H groups in total. The molecule has 0 bridgehead atoms. The minimum Gasteiger partial charge on any atom is -0.445 e. The Morgan fingerprint density at radius 1 is 1.35 bits per heavy atom. The number of nitrogens with one attached hydrogen (secondary N) is 1. The average molecular weight is 289 g/mol. The number of alkyl carbamates (subject to hydrolysis) is 1. The number of rotatable bonds is 4. The van der Waals surface area contributed by atoms with Crippen LogP contribution in [0, 0.1) is 0 Å². The van der Waals surface area contributed by atoms with Gasteiger partial charge >= 0.3 is 6.09 Å². The fraction of sp³-hybridized carbons (Fsp3) is 0.167. The molecule has 0 fully saturated rings. The van der Waals surface area contributed by atoms with Crippen molar-refractivity contribution in [2.24, 2.45) is 0 Å². The van der Waals surface area contributed by atoms with Crippen LogP contribution in [0.3, 0.4) is 0 Å². The Labute approximate surface area is 118 Å². The van der Waals surface area contributed by atoms with Gasteiger partial charge in [0.2, 0.25) is 4.96 Å². The van der Waals surface area contributed by atoms with Crippen molar-refractivity contribution in [2.45, 2.75) is 13.2 Å². The number of hydrogen-bond acceptors (Lipinski definition) is 6. The van der Waals surface area contributed by atoms with Crippen molar-refractivity contribution in [2.75, 3.05) is 0 Å². The first-order valence-corrected chi connectivity index (χ1v) is 6.73. The molecule has 3 rings (SSSR count). The molecule has 8 heteroatoms. The topological polar surface area (TPSA) is 81.4 Å². The van der Waals surface area contributed by atoms with Gasteiger partial charge in [-0.05, 0) is 5.56 Å². The average Bonchev–Trinajstić information content (AvgIpc) is 3.05. The number of carbonyl (C=O) groups is 1. The fourth-order valence-corrected chi connectivity index (χ4v) is 2.35. The van der Waals surface area contributed by atoms with Crippen LogP contribution in [0.25, 0.3) is 4.96 Å². The number of hydrogen-bond donors (Lipinski definition) is 1. The molecule has 2 heterocycles. The Hall–Kier alpha value is -2.48. The summed E-state index contributed by atoms with van der Waals surface area (Å²) in [5.74, 6) is 0. The summed E-state index contributed by atoms with van der Waals surface area (Å²) in [5, 5.41) is 15.2. The second-order valence-corrected chi connectivity index (χ2v) is 5.01. The molecule has 0 aliphatic carbocycles. The number of aromatic nitrogens is 4. The summed E-state index contributed by atoms with van der Waals surface area (Å²) < 4.78 is 6.66. The Kier molecular flexibility index (Phi) is 3.55. The van der Waals surface area contributed by atoms with E-state index in [0.29, 0.717) is 11.5 Å². The van der Waals surface area contributed by atoms with Crippen LogP contribution >= 0.6 is 11.3 Å². The molecule has 0 saturated carbocycles. The summed E-state index contributed by atoms with van der Waals surface area (Å²) in [5.41, 5.74) is 0.946. The second-order valence-electron chi connectivity index (χ2n) is 3.97. The molecule has 20 heavy (non-hydrogen) atoms. The quantitative estimate of drug-likeness (QED) is 0.789. The van der Waals surface area contributed by atoms with Crippen LogP contribution in [0.5, 0.6) is 0 Å². The Bertz CT molecular complexity index is 680. The first-order chi connectivity index (χ1) is 9.81. The Balaban J connectivity index is 1.48. The van der Waals surface area contributed by atoms with Gasteiger partial charge in [-0.3, -0.25) is 0 Å². The molecule has 0 radical (unpaired) electrons. The van der Waals surface area contributed by atoms with E-state index in [1.54, 1.807) is 4.52 Å². The highest BCUT2D eigenvalue weighted by Crippen LogP contribution is 2.11. The van der Waals surface area contributed by atoms with Crippen molar-refractivity contribution in [3.05, 3.63) is 47.2 Å². The van der Waals surface area contributed by atoms with Gasteiger partial charge in [-0.1, -0.05) is 41.7 Å². The summed E-state index contributed by atoms with van der Waals surface area (Å²) in [7, 11) is 0. The SMILES string of the molecule is O=C(NCc1nn2cnnc2s1)OCc1ccccc1. The maximum Gasteiger partial charge on any atom is 0.407 e. The van der Waals surface area contributed by atoms with Gasteiger partial charge in [-0.15, -0.1) is 10.2 Å². The van der Waals surface area contributed by atoms with Crippen LogP contribution in [0.1, 0.15) is 10.6 Å². The van der Waals surface area contributed by atoms with Gasteiger partial charge in [0.25, 0.3) is 0 Å². The standard InChI is InChI=1S/C12H11N5O2S/c18-12(19-7-9-4-2-1-3-5-9)13-6-10-16-17-8-14-15-11(17)20-10/h1-5,8H,6-7H2,(H,13,18). The van der Waals surface area contributed by atoms with E-state index in [-0.39, 0.29) is 6.61 Å². The third kappa shape index (κ3) is 2.91. The van der Waals surface area contributed by atoms with Crippen molar-refractivity contribution in [1.82, 2.24) is 25.1 Å². The van der Waals surface area contributed by atoms with Gasteiger partial charge in [-0.25, -0.2) is 4.79 Å². The minimum absolute atomic E-state index is 0.248. The lowest BCUT2D eigenvalue weighted by atomic mass is 10.2. The molecular weight excluding hydrogens is 278 g/mol. The molecule has 0 spiro atoms. The maximum atomic E-state index is 11.6. The van der Waals surface area contributed by atoms with Crippen molar-refractivity contribution in [3.8, 4) is 0 Å². The highest BCUT2D eigenvalue weighted by atomic mass is 32.1. The molecule has 0 unspecified atom stereocenters. The number of amides is 1. The summed E-state index contributed by atoms with van der Waals surface area (Å²) in [6.07, 6.45) is 1.04. The van der Waals surface area contributed by atoms with Crippen LogP contribution in [-0.4, -0.2) is 25.9 Å². The molecule has 1 amide bonds. The number of nitrogens with zero attached hydrogens (tertiary/aromatic N) is 4. The van der Waals surface area contributed by atoms with Gasteiger partial charge < -0.3 is 10.1 Å². The zero-order valence-corrected chi connectivity index (χ0v) is 11.2. The molecule has 2 aromatic heterocycles. The predicted octanol–water partition coefficient (Wildman–Crippen LogP) is 1.61. The van der Waals surface area contributed by atoms with E-state index in [2.05, 4.69) is 20.6 Å². The summed E-state index contributed by atoms with van der Waals surface area (Å²) in [6, 6.07) is 9.51. The van der Waals surface area contributed by atoms with E-state index in [1.807, 2.05) is 30.3 Å². The second kappa shape index (κ2) is 5.66. The van der Waals surface area contributed by atoms with Gasteiger partial charge in [0.15, 0.2) is 0 Å². The molecule has 0 saturated heterocycles. The molecular formula is C12H11N5O2S. The van der Waals surface area contributed by atoms with Crippen LogP contribution < -0.4 is 5.32 Å². The molecule has 102 valence electrons. The third-order valence-electron chi connectivity index (χ3n) is 2.53. The van der Waals surface area contributed by atoms with Gasteiger partial charge in [0.1, 0.15) is 17.9 Å². The number of fused-ring (bicyclic) bond motifs is 1. The van der Waals surface area contributed by atoms with Gasteiger partial charge in [0.05, 0.1) is 6.54 Å². The highest BCUT2D eigenvalue weighted by Gasteiger charge is 2.07. The largest absolute Gasteiger partial charge is 0.445 e.